The maximum absolute atomic E-state index is 10.2. The third-order valence-corrected chi connectivity index (χ3v) is 7.96. The number of hydrogen-bond acceptors (Lipinski definition) is 2. The lowest BCUT2D eigenvalue weighted by Gasteiger charge is -2.26. The van der Waals surface area contributed by atoms with Crippen molar-refractivity contribution >= 4 is 19.8 Å². The van der Waals surface area contributed by atoms with Gasteiger partial charge in [0, 0.05) is 4.90 Å². The standard InChI is InChI=1S/C17H28OSSi/c1-17(2,3)15(18)12-13-16(20(4,5)6)19-14-10-8-7-9-11-14/h7-11,13,15,18H,12H2,1-6H3/b16-13-. The van der Waals surface area contributed by atoms with Gasteiger partial charge in [-0.1, -0.05) is 76.4 Å². The molecular formula is C17H28OSSi. The number of aliphatic hydroxyl groups is 1. The zero-order chi connectivity index (χ0) is 15.4. The van der Waals surface area contributed by atoms with Crippen LogP contribution in [0.1, 0.15) is 27.2 Å². The van der Waals surface area contributed by atoms with Crippen LogP contribution in [0.5, 0.6) is 0 Å². The van der Waals surface area contributed by atoms with Crippen LogP contribution in [0.2, 0.25) is 19.6 Å². The van der Waals surface area contributed by atoms with Crippen molar-refractivity contribution < 1.29 is 5.11 Å². The Morgan fingerprint density at radius 2 is 1.75 bits per heavy atom. The van der Waals surface area contributed by atoms with Crippen LogP contribution in [0, 0.1) is 5.41 Å². The fourth-order valence-corrected chi connectivity index (χ4v) is 4.72. The number of hydrogen-bond donors (Lipinski definition) is 1. The molecule has 1 rings (SSSR count). The lowest BCUT2D eigenvalue weighted by Crippen LogP contribution is -2.27. The normalized spacial score (nSPS) is 15.2. The summed E-state index contributed by atoms with van der Waals surface area (Å²) in [4.78, 5) is 1.28. The molecular weight excluding hydrogens is 280 g/mol. The minimum atomic E-state index is -1.38. The van der Waals surface area contributed by atoms with Gasteiger partial charge < -0.3 is 5.11 Å². The molecule has 1 aromatic rings. The Morgan fingerprint density at radius 3 is 2.20 bits per heavy atom. The molecule has 0 bridgehead atoms. The monoisotopic (exact) mass is 308 g/mol. The molecule has 1 aromatic carbocycles. The van der Waals surface area contributed by atoms with Crippen molar-refractivity contribution in [3.63, 3.8) is 0 Å². The van der Waals surface area contributed by atoms with E-state index in [1.54, 1.807) is 0 Å². The molecule has 0 amide bonds. The topological polar surface area (TPSA) is 20.2 Å². The van der Waals surface area contributed by atoms with Crippen molar-refractivity contribution in [3.05, 3.63) is 40.9 Å². The van der Waals surface area contributed by atoms with Gasteiger partial charge >= 0.3 is 0 Å². The fourth-order valence-electron chi connectivity index (χ4n) is 1.69. The second kappa shape index (κ2) is 6.97. The average molecular weight is 309 g/mol. The lowest BCUT2D eigenvalue weighted by atomic mass is 9.87. The molecule has 1 unspecified atom stereocenters. The van der Waals surface area contributed by atoms with Gasteiger partial charge in [-0.05, 0) is 28.5 Å². The second-order valence-corrected chi connectivity index (χ2v) is 13.9. The van der Waals surface area contributed by atoms with Crippen molar-refractivity contribution in [1.29, 1.82) is 0 Å². The molecule has 0 aliphatic rings. The highest BCUT2D eigenvalue weighted by molar-refractivity contribution is 8.05. The van der Waals surface area contributed by atoms with Crippen LogP contribution < -0.4 is 0 Å². The van der Waals surface area contributed by atoms with E-state index in [0.717, 1.165) is 6.42 Å². The highest BCUT2D eigenvalue weighted by Gasteiger charge is 2.24. The van der Waals surface area contributed by atoms with E-state index in [-0.39, 0.29) is 11.5 Å². The number of aliphatic hydroxyl groups excluding tert-OH is 1. The van der Waals surface area contributed by atoms with Crippen molar-refractivity contribution in [3.8, 4) is 0 Å². The molecule has 1 N–H and O–H groups in total. The van der Waals surface area contributed by atoms with Crippen LogP contribution in [-0.2, 0) is 0 Å². The van der Waals surface area contributed by atoms with Crippen molar-refractivity contribution in [2.45, 2.75) is 57.8 Å². The average Bonchev–Trinajstić information content (AvgIpc) is 2.32. The Morgan fingerprint density at radius 1 is 1.20 bits per heavy atom. The Bertz CT molecular complexity index is 440. The molecule has 0 fully saturated rings. The Balaban J connectivity index is 2.86. The molecule has 0 saturated carbocycles. The van der Waals surface area contributed by atoms with E-state index in [1.807, 2.05) is 17.8 Å². The highest BCUT2D eigenvalue weighted by atomic mass is 32.2. The van der Waals surface area contributed by atoms with Crippen LogP contribution in [0.25, 0.3) is 0 Å². The molecule has 1 nitrogen and oxygen atoms in total. The second-order valence-electron chi connectivity index (χ2n) is 7.35. The van der Waals surface area contributed by atoms with E-state index in [2.05, 4.69) is 70.8 Å². The van der Waals surface area contributed by atoms with Gasteiger partial charge in [-0.15, -0.1) is 0 Å². The largest absolute Gasteiger partial charge is 0.392 e. The lowest BCUT2D eigenvalue weighted by molar-refractivity contribution is 0.0659. The van der Waals surface area contributed by atoms with Crippen LogP contribution in [0.15, 0.2) is 45.8 Å². The third kappa shape index (κ3) is 5.86. The van der Waals surface area contributed by atoms with Gasteiger partial charge in [0.2, 0.25) is 0 Å². The molecule has 0 aliphatic heterocycles. The quantitative estimate of drug-likeness (QED) is 0.585. The number of thioether (sulfide) groups is 1. The summed E-state index contributed by atoms with van der Waals surface area (Å²) < 4.78 is 1.45. The molecule has 0 saturated heterocycles. The minimum absolute atomic E-state index is 0.0571. The van der Waals surface area contributed by atoms with Gasteiger partial charge in [-0.25, -0.2) is 0 Å². The molecule has 1 atom stereocenters. The minimum Gasteiger partial charge on any atom is -0.392 e. The summed E-state index contributed by atoms with van der Waals surface area (Å²) in [6.07, 6.45) is 2.72. The van der Waals surface area contributed by atoms with E-state index in [0.29, 0.717) is 0 Å². The van der Waals surface area contributed by atoms with Crippen LogP contribution >= 0.6 is 11.8 Å². The molecule has 0 aromatic heterocycles. The van der Waals surface area contributed by atoms with Gasteiger partial charge in [-0.3, -0.25) is 0 Å². The van der Waals surface area contributed by atoms with E-state index >= 15 is 0 Å². The predicted molar refractivity (Wildman–Crippen MR) is 93.8 cm³/mol. The number of benzene rings is 1. The van der Waals surface area contributed by atoms with E-state index in [1.165, 1.54) is 9.42 Å². The summed E-state index contributed by atoms with van der Waals surface area (Å²) in [5.74, 6) is 0. The summed E-state index contributed by atoms with van der Waals surface area (Å²) >= 11 is 1.86. The zero-order valence-electron chi connectivity index (χ0n) is 13.6. The number of rotatable bonds is 5. The fraction of sp³-hybridized carbons (Fsp3) is 0.529. The first-order valence-electron chi connectivity index (χ1n) is 7.22. The SMILES string of the molecule is CC(C)(C)C(O)C/C=C(/Sc1ccccc1)[Si](C)(C)C. The van der Waals surface area contributed by atoms with Crippen LogP contribution in [0.3, 0.4) is 0 Å². The summed E-state index contributed by atoms with van der Waals surface area (Å²) in [5.41, 5.74) is -0.0571. The summed E-state index contributed by atoms with van der Waals surface area (Å²) in [7, 11) is -1.38. The summed E-state index contributed by atoms with van der Waals surface area (Å²) in [6.45, 7) is 13.3. The predicted octanol–water partition coefficient (Wildman–Crippen LogP) is 5.34. The summed E-state index contributed by atoms with van der Waals surface area (Å²) in [6, 6.07) is 10.5. The Labute approximate surface area is 129 Å². The molecule has 0 heterocycles. The molecule has 0 spiro atoms. The first-order valence-corrected chi connectivity index (χ1v) is 11.5. The maximum atomic E-state index is 10.2. The summed E-state index contributed by atoms with van der Waals surface area (Å²) in [5, 5.41) is 10.2. The molecule has 0 radical (unpaired) electrons. The smallest absolute Gasteiger partial charge is 0.0857 e. The molecule has 20 heavy (non-hydrogen) atoms. The van der Waals surface area contributed by atoms with E-state index in [4.69, 9.17) is 0 Å². The van der Waals surface area contributed by atoms with Crippen molar-refractivity contribution in [2.75, 3.05) is 0 Å². The Kier molecular flexibility index (Phi) is 6.11. The van der Waals surface area contributed by atoms with Gasteiger partial charge in [0.15, 0.2) is 0 Å². The zero-order valence-corrected chi connectivity index (χ0v) is 15.4. The molecule has 112 valence electrons. The van der Waals surface area contributed by atoms with Crippen molar-refractivity contribution in [1.82, 2.24) is 0 Å². The van der Waals surface area contributed by atoms with E-state index < -0.39 is 8.07 Å². The van der Waals surface area contributed by atoms with Crippen LogP contribution in [-0.4, -0.2) is 19.3 Å². The first kappa shape index (κ1) is 17.5. The van der Waals surface area contributed by atoms with Gasteiger partial charge in [0.1, 0.15) is 0 Å². The van der Waals surface area contributed by atoms with Gasteiger partial charge in [-0.2, -0.15) is 0 Å². The van der Waals surface area contributed by atoms with Gasteiger partial charge in [0.25, 0.3) is 0 Å². The molecule has 0 aliphatic carbocycles. The maximum Gasteiger partial charge on any atom is 0.0857 e. The Hall–Kier alpha value is -0.513. The third-order valence-electron chi connectivity index (χ3n) is 3.24. The van der Waals surface area contributed by atoms with Crippen LogP contribution in [0.4, 0.5) is 0 Å². The van der Waals surface area contributed by atoms with Crippen molar-refractivity contribution in [2.24, 2.45) is 5.41 Å². The van der Waals surface area contributed by atoms with E-state index in [9.17, 15) is 5.11 Å². The van der Waals surface area contributed by atoms with Gasteiger partial charge in [0.05, 0.1) is 14.2 Å². The molecule has 3 heteroatoms. The first-order chi connectivity index (χ1) is 9.10. The highest BCUT2D eigenvalue weighted by Crippen LogP contribution is 2.34.